The van der Waals surface area contributed by atoms with Gasteiger partial charge >= 0.3 is 18.1 Å². The van der Waals surface area contributed by atoms with Gasteiger partial charge in [0.05, 0.1) is 7.11 Å². The van der Waals surface area contributed by atoms with Gasteiger partial charge in [-0.15, -0.1) is 0 Å². The minimum Gasteiger partial charge on any atom is -0.475 e. The lowest BCUT2D eigenvalue weighted by Crippen LogP contribution is -2.35. The standard InChI is InChI=1S/C8H17NO2.C2HF3O2/c1-8(2,3)5-6(9)7(10)11-4;3-2(4,5)1(6)7/h6H,5,9H2,1-4H3;(H,6,7)/t6-;/m0./s1. The zero-order valence-corrected chi connectivity index (χ0v) is 10.7. The predicted octanol–water partition coefficient (Wildman–Crippen LogP) is 1.56. The van der Waals surface area contributed by atoms with Crippen molar-refractivity contribution in [2.24, 2.45) is 11.1 Å². The fourth-order valence-corrected chi connectivity index (χ4v) is 0.894. The number of carbonyl (C=O) groups excluding carboxylic acids is 1. The van der Waals surface area contributed by atoms with E-state index in [1.165, 1.54) is 7.11 Å². The number of hydrogen-bond donors (Lipinski definition) is 2. The van der Waals surface area contributed by atoms with Crippen LogP contribution in [0.2, 0.25) is 0 Å². The molecule has 5 nitrogen and oxygen atoms in total. The zero-order valence-electron chi connectivity index (χ0n) is 10.7. The minimum absolute atomic E-state index is 0.0770. The molecule has 0 aromatic carbocycles. The Labute approximate surface area is 103 Å². The highest BCUT2D eigenvalue weighted by atomic mass is 19.4. The number of rotatable bonds is 2. The van der Waals surface area contributed by atoms with E-state index in [1.54, 1.807) is 0 Å². The summed E-state index contributed by atoms with van der Waals surface area (Å²) in [5.74, 6) is -3.09. The molecule has 0 heterocycles. The number of esters is 1. The molecule has 0 spiro atoms. The average molecular weight is 273 g/mol. The summed E-state index contributed by atoms with van der Waals surface area (Å²) in [5.41, 5.74) is 5.62. The van der Waals surface area contributed by atoms with Gasteiger partial charge in [-0.3, -0.25) is 4.79 Å². The first-order chi connectivity index (χ1) is 7.81. The molecule has 0 saturated heterocycles. The highest BCUT2D eigenvalue weighted by Gasteiger charge is 2.38. The smallest absolute Gasteiger partial charge is 0.475 e. The minimum atomic E-state index is -5.08. The summed E-state index contributed by atoms with van der Waals surface area (Å²) in [7, 11) is 1.35. The molecule has 8 heteroatoms. The third-order valence-electron chi connectivity index (χ3n) is 1.58. The molecular formula is C10H18F3NO4. The largest absolute Gasteiger partial charge is 0.490 e. The van der Waals surface area contributed by atoms with Gasteiger partial charge in [0.1, 0.15) is 6.04 Å². The molecular weight excluding hydrogens is 255 g/mol. The van der Waals surface area contributed by atoms with E-state index in [0.29, 0.717) is 6.42 Å². The van der Waals surface area contributed by atoms with Gasteiger partial charge in [0.25, 0.3) is 0 Å². The second-order valence-corrected chi connectivity index (χ2v) is 4.70. The van der Waals surface area contributed by atoms with E-state index in [4.69, 9.17) is 15.6 Å². The monoisotopic (exact) mass is 273 g/mol. The van der Waals surface area contributed by atoms with Crippen molar-refractivity contribution in [1.29, 1.82) is 0 Å². The zero-order chi connectivity index (χ0) is 15.1. The fraction of sp³-hybridized carbons (Fsp3) is 0.800. The van der Waals surface area contributed by atoms with Gasteiger partial charge in [-0.25, -0.2) is 4.79 Å². The van der Waals surface area contributed by atoms with Crippen LogP contribution < -0.4 is 5.73 Å². The number of carbonyl (C=O) groups is 2. The third kappa shape index (κ3) is 11.2. The second-order valence-electron chi connectivity index (χ2n) is 4.70. The molecule has 3 N–H and O–H groups in total. The number of aliphatic carboxylic acids is 1. The Morgan fingerprint density at radius 1 is 1.28 bits per heavy atom. The Bertz CT molecular complexity index is 284. The molecule has 0 rings (SSSR count). The van der Waals surface area contributed by atoms with Crippen LogP contribution in [0.25, 0.3) is 0 Å². The van der Waals surface area contributed by atoms with E-state index in [2.05, 4.69) is 4.74 Å². The van der Waals surface area contributed by atoms with Gasteiger partial charge < -0.3 is 15.6 Å². The van der Waals surface area contributed by atoms with E-state index in [-0.39, 0.29) is 11.4 Å². The molecule has 1 atom stereocenters. The van der Waals surface area contributed by atoms with Gasteiger partial charge in [0, 0.05) is 0 Å². The Morgan fingerprint density at radius 2 is 1.61 bits per heavy atom. The molecule has 0 aliphatic carbocycles. The molecule has 0 unspecified atom stereocenters. The van der Waals surface area contributed by atoms with Crippen molar-refractivity contribution in [2.75, 3.05) is 7.11 Å². The normalized spacial score (nSPS) is 13.1. The maximum atomic E-state index is 10.8. The molecule has 18 heavy (non-hydrogen) atoms. The predicted molar refractivity (Wildman–Crippen MR) is 57.8 cm³/mol. The maximum absolute atomic E-state index is 10.8. The first kappa shape index (κ1) is 19.0. The molecule has 0 amide bonds. The van der Waals surface area contributed by atoms with Crippen molar-refractivity contribution in [3.63, 3.8) is 0 Å². The first-order valence-corrected chi connectivity index (χ1v) is 4.94. The van der Waals surface area contributed by atoms with E-state index < -0.39 is 18.2 Å². The lowest BCUT2D eigenvalue weighted by Gasteiger charge is -2.21. The van der Waals surface area contributed by atoms with Crippen molar-refractivity contribution in [1.82, 2.24) is 0 Å². The highest BCUT2D eigenvalue weighted by Crippen LogP contribution is 2.20. The topological polar surface area (TPSA) is 89.6 Å². The van der Waals surface area contributed by atoms with E-state index >= 15 is 0 Å². The van der Waals surface area contributed by atoms with Crippen LogP contribution in [0.15, 0.2) is 0 Å². The van der Waals surface area contributed by atoms with Crippen molar-refractivity contribution in [2.45, 2.75) is 39.4 Å². The van der Waals surface area contributed by atoms with Crippen LogP contribution in [0.3, 0.4) is 0 Å². The number of methoxy groups -OCH3 is 1. The number of nitrogens with two attached hydrogens (primary N) is 1. The maximum Gasteiger partial charge on any atom is 0.490 e. The average Bonchev–Trinajstić information content (AvgIpc) is 2.13. The molecule has 0 aromatic heterocycles. The van der Waals surface area contributed by atoms with E-state index in [1.807, 2.05) is 20.8 Å². The Hall–Kier alpha value is -1.31. The summed E-state index contributed by atoms with van der Waals surface area (Å²) in [4.78, 5) is 19.7. The van der Waals surface area contributed by atoms with Crippen molar-refractivity contribution in [3.8, 4) is 0 Å². The molecule has 0 aliphatic rings. The van der Waals surface area contributed by atoms with Crippen molar-refractivity contribution >= 4 is 11.9 Å². The summed E-state index contributed by atoms with van der Waals surface area (Å²) in [6.45, 7) is 6.11. The van der Waals surface area contributed by atoms with Crippen molar-refractivity contribution in [3.05, 3.63) is 0 Å². The summed E-state index contributed by atoms with van der Waals surface area (Å²) >= 11 is 0. The van der Waals surface area contributed by atoms with Crippen LogP contribution >= 0.6 is 0 Å². The van der Waals surface area contributed by atoms with E-state index in [0.717, 1.165) is 0 Å². The van der Waals surface area contributed by atoms with Crippen LogP contribution in [0.1, 0.15) is 27.2 Å². The summed E-state index contributed by atoms with van der Waals surface area (Å²) in [5, 5.41) is 7.12. The van der Waals surface area contributed by atoms with Crippen LogP contribution in [-0.2, 0) is 14.3 Å². The number of halogens is 3. The number of alkyl halides is 3. The SMILES string of the molecule is COC(=O)[C@@H](N)CC(C)(C)C.O=C(O)C(F)(F)F. The van der Waals surface area contributed by atoms with Gasteiger partial charge in [0.15, 0.2) is 0 Å². The van der Waals surface area contributed by atoms with Gasteiger partial charge in [-0.1, -0.05) is 20.8 Å². The fourth-order valence-electron chi connectivity index (χ4n) is 0.894. The van der Waals surface area contributed by atoms with Crippen LogP contribution in [0.4, 0.5) is 13.2 Å². The third-order valence-corrected chi connectivity index (χ3v) is 1.58. The highest BCUT2D eigenvalue weighted by molar-refractivity contribution is 5.75. The Balaban J connectivity index is 0. The van der Waals surface area contributed by atoms with Crippen LogP contribution in [0, 0.1) is 5.41 Å². The number of ether oxygens (including phenoxy) is 1. The van der Waals surface area contributed by atoms with Gasteiger partial charge in [-0.2, -0.15) is 13.2 Å². The van der Waals surface area contributed by atoms with Crippen LogP contribution in [0.5, 0.6) is 0 Å². The summed E-state index contributed by atoms with van der Waals surface area (Å²) in [6.07, 6.45) is -4.43. The van der Waals surface area contributed by atoms with Gasteiger partial charge in [-0.05, 0) is 11.8 Å². The molecule has 0 aromatic rings. The molecule has 108 valence electrons. The lowest BCUT2D eigenvalue weighted by molar-refractivity contribution is -0.192. The van der Waals surface area contributed by atoms with Crippen LogP contribution in [-0.4, -0.2) is 36.4 Å². The number of carboxylic acids is 1. The molecule has 0 radical (unpaired) electrons. The Kier molecular flexibility index (Phi) is 7.61. The van der Waals surface area contributed by atoms with E-state index in [9.17, 15) is 18.0 Å². The second kappa shape index (κ2) is 7.20. The van der Waals surface area contributed by atoms with Crippen molar-refractivity contribution < 1.29 is 32.6 Å². The first-order valence-electron chi connectivity index (χ1n) is 4.94. The molecule has 0 saturated carbocycles. The molecule has 0 aliphatic heterocycles. The quantitative estimate of drug-likeness (QED) is 0.745. The molecule has 0 fully saturated rings. The lowest BCUT2D eigenvalue weighted by atomic mass is 9.88. The molecule has 0 bridgehead atoms. The number of carboxylic acid groups (broad SMARTS) is 1. The Morgan fingerprint density at radius 3 is 1.78 bits per heavy atom. The summed E-state index contributed by atoms with van der Waals surface area (Å²) < 4.78 is 36.2. The number of hydrogen-bond acceptors (Lipinski definition) is 4. The van der Waals surface area contributed by atoms with Gasteiger partial charge in [0.2, 0.25) is 0 Å². The summed E-state index contributed by atoms with van der Waals surface area (Å²) in [6, 6.07) is -0.486.